The van der Waals surface area contributed by atoms with Crippen LogP contribution in [0.4, 0.5) is 0 Å². The molecule has 0 amide bonds. The normalized spacial score (nSPS) is 25.1. The molecule has 2 unspecified atom stereocenters. The third-order valence-corrected chi connectivity index (χ3v) is 3.83. The molecule has 0 aromatic carbocycles. The maximum atomic E-state index is 4.30. The molecule has 16 heavy (non-hydrogen) atoms. The van der Waals surface area contributed by atoms with E-state index in [0.29, 0.717) is 0 Å². The summed E-state index contributed by atoms with van der Waals surface area (Å²) in [5.41, 5.74) is 1.31. The lowest BCUT2D eigenvalue weighted by Crippen LogP contribution is -2.32. The molecule has 1 heterocycles. The Hall–Kier alpha value is -0.830. The molecule has 0 aliphatic heterocycles. The number of nitrogens with zero attached hydrogens (tertiary/aromatic N) is 2. The molecule has 1 aliphatic rings. The van der Waals surface area contributed by atoms with Gasteiger partial charge in [0.2, 0.25) is 0 Å². The Morgan fingerprint density at radius 2 is 2.31 bits per heavy atom. The standard InChI is InChI=1S/C13H23N3/c1-3-11-6-5-7-13(11)14-10-12-8-9-15-16(12)4-2/h8-9,11,13-14H,3-7,10H2,1-2H3. The number of hydrogen-bond acceptors (Lipinski definition) is 2. The highest BCUT2D eigenvalue weighted by molar-refractivity contribution is 5.00. The molecule has 2 rings (SSSR count). The lowest BCUT2D eigenvalue weighted by molar-refractivity contribution is 0.383. The molecule has 0 spiro atoms. The van der Waals surface area contributed by atoms with Crippen molar-refractivity contribution in [3.05, 3.63) is 18.0 Å². The van der Waals surface area contributed by atoms with Crippen LogP contribution in [0.15, 0.2) is 12.3 Å². The van der Waals surface area contributed by atoms with Crippen LogP contribution >= 0.6 is 0 Å². The lowest BCUT2D eigenvalue weighted by Gasteiger charge is -2.19. The van der Waals surface area contributed by atoms with E-state index in [9.17, 15) is 0 Å². The summed E-state index contributed by atoms with van der Waals surface area (Å²) in [6, 6.07) is 2.84. The van der Waals surface area contributed by atoms with Crippen LogP contribution in [0.2, 0.25) is 0 Å². The summed E-state index contributed by atoms with van der Waals surface area (Å²) in [4.78, 5) is 0. The predicted octanol–water partition coefficient (Wildman–Crippen LogP) is 2.57. The summed E-state index contributed by atoms with van der Waals surface area (Å²) in [7, 11) is 0. The topological polar surface area (TPSA) is 29.9 Å². The van der Waals surface area contributed by atoms with Crippen LogP contribution in [0.3, 0.4) is 0 Å². The average molecular weight is 221 g/mol. The Bertz CT molecular complexity index is 319. The van der Waals surface area contributed by atoms with Gasteiger partial charge in [0.1, 0.15) is 0 Å². The zero-order valence-electron chi connectivity index (χ0n) is 10.4. The van der Waals surface area contributed by atoms with E-state index in [2.05, 4.69) is 35.0 Å². The summed E-state index contributed by atoms with van der Waals surface area (Å²) in [6.45, 7) is 6.38. The first kappa shape index (κ1) is 11.6. The van der Waals surface area contributed by atoms with E-state index in [4.69, 9.17) is 0 Å². The Morgan fingerprint density at radius 3 is 3.06 bits per heavy atom. The van der Waals surface area contributed by atoms with Crippen LogP contribution in [-0.2, 0) is 13.1 Å². The molecule has 0 saturated heterocycles. The van der Waals surface area contributed by atoms with Crippen molar-refractivity contribution in [2.24, 2.45) is 5.92 Å². The average Bonchev–Trinajstić information content (AvgIpc) is 2.94. The molecule has 1 aromatic rings. The summed E-state index contributed by atoms with van der Waals surface area (Å²) in [6.07, 6.45) is 7.35. The quantitative estimate of drug-likeness (QED) is 0.828. The number of rotatable bonds is 5. The van der Waals surface area contributed by atoms with Gasteiger partial charge in [0, 0.05) is 25.3 Å². The fraction of sp³-hybridized carbons (Fsp3) is 0.769. The van der Waals surface area contributed by atoms with Gasteiger partial charge in [-0.2, -0.15) is 5.10 Å². The lowest BCUT2D eigenvalue weighted by atomic mass is 10.0. The fourth-order valence-electron chi connectivity index (χ4n) is 2.82. The molecule has 3 heteroatoms. The van der Waals surface area contributed by atoms with Crippen molar-refractivity contribution in [2.75, 3.05) is 0 Å². The molecule has 1 saturated carbocycles. The van der Waals surface area contributed by atoms with Crippen LogP contribution in [0.1, 0.15) is 45.2 Å². The smallest absolute Gasteiger partial charge is 0.0522 e. The summed E-state index contributed by atoms with van der Waals surface area (Å²) in [5, 5.41) is 7.99. The van der Waals surface area contributed by atoms with Gasteiger partial charge in [-0.3, -0.25) is 4.68 Å². The van der Waals surface area contributed by atoms with Gasteiger partial charge in [-0.05, 0) is 31.7 Å². The largest absolute Gasteiger partial charge is 0.308 e. The van der Waals surface area contributed by atoms with Crippen LogP contribution in [-0.4, -0.2) is 15.8 Å². The van der Waals surface area contributed by atoms with Gasteiger partial charge in [-0.15, -0.1) is 0 Å². The molecular formula is C13H23N3. The maximum absolute atomic E-state index is 4.30. The molecule has 3 nitrogen and oxygen atoms in total. The van der Waals surface area contributed by atoms with Crippen LogP contribution in [0.5, 0.6) is 0 Å². The minimum atomic E-state index is 0.727. The van der Waals surface area contributed by atoms with Gasteiger partial charge in [-0.1, -0.05) is 19.8 Å². The Labute approximate surface area is 98.2 Å². The molecule has 1 fully saturated rings. The molecule has 1 aromatic heterocycles. The summed E-state index contributed by atoms with van der Waals surface area (Å²) >= 11 is 0. The van der Waals surface area contributed by atoms with Gasteiger partial charge in [0.05, 0.1) is 5.69 Å². The van der Waals surface area contributed by atoms with E-state index in [0.717, 1.165) is 25.0 Å². The van der Waals surface area contributed by atoms with Crippen molar-refractivity contribution in [3.63, 3.8) is 0 Å². The summed E-state index contributed by atoms with van der Waals surface area (Å²) < 4.78 is 2.07. The molecule has 90 valence electrons. The predicted molar refractivity (Wildman–Crippen MR) is 66.2 cm³/mol. The van der Waals surface area contributed by atoms with E-state index in [1.54, 1.807) is 0 Å². The maximum Gasteiger partial charge on any atom is 0.0522 e. The van der Waals surface area contributed by atoms with Crippen molar-refractivity contribution in [2.45, 2.75) is 58.7 Å². The van der Waals surface area contributed by atoms with E-state index in [1.165, 1.54) is 31.4 Å². The first-order chi connectivity index (χ1) is 7.85. The van der Waals surface area contributed by atoms with Crippen molar-refractivity contribution in [1.29, 1.82) is 0 Å². The highest BCUT2D eigenvalue weighted by Crippen LogP contribution is 2.28. The molecule has 2 atom stereocenters. The van der Waals surface area contributed by atoms with Gasteiger partial charge in [-0.25, -0.2) is 0 Å². The first-order valence-electron chi connectivity index (χ1n) is 6.59. The van der Waals surface area contributed by atoms with Gasteiger partial charge in [0.25, 0.3) is 0 Å². The van der Waals surface area contributed by atoms with Crippen molar-refractivity contribution in [1.82, 2.24) is 15.1 Å². The second kappa shape index (κ2) is 5.48. The van der Waals surface area contributed by atoms with Gasteiger partial charge < -0.3 is 5.32 Å². The highest BCUT2D eigenvalue weighted by atomic mass is 15.3. The van der Waals surface area contributed by atoms with Gasteiger partial charge >= 0.3 is 0 Å². The second-order valence-corrected chi connectivity index (χ2v) is 4.72. The van der Waals surface area contributed by atoms with Crippen LogP contribution in [0, 0.1) is 5.92 Å². The minimum Gasteiger partial charge on any atom is -0.308 e. The number of hydrogen-bond donors (Lipinski definition) is 1. The van der Waals surface area contributed by atoms with Crippen LogP contribution < -0.4 is 5.32 Å². The van der Waals surface area contributed by atoms with Crippen molar-refractivity contribution in [3.8, 4) is 0 Å². The van der Waals surface area contributed by atoms with E-state index in [-0.39, 0.29) is 0 Å². The summed E-state index contributed by atoms with van der Waals surface area (Å²) in [5.74, 6) is 0.887. The molecular weight excluding hydrogens is 198 g/mol. The second-order valence-electron chi connectivity index (χ2n) is 4.72. The molecule has 1 N–H and O–H groups in total. The zero-order chi connectivity index (χ0) is 11.4. The number of nitrogens with one attached hydrogen (secondary N) is 1. The third-order valence-electron chi connectivity index (χ3n) is 3.83. The Balaban J connectivity index is 1.87. The Morgan fingerprint density at radius 1 is 1.44 bits per heavy atom. The molecule has 0 bridgehead atoms. The van der Waals surface area contributed by atoms with Gasteiger partial charge in [0.15, 0.2) is 0 Å². The molecule has 0 radical (unpaired) electrons. The zero-order valence-corrected chi connectivity index (χ0v) is 10.4. The SMILES string of the molecule is CCC1CCCC1NCc1ccnn1CC. The monoisotopic (exact) mass is 221 g/mol. The van der Waals surface area contributed by atoms with E-state index in [1.807, 2.05) is 6.20 Å². The number of aryl methyl sites for hydroxylation is 1. The fourth-order valence-corrected chi connectivity index (χ4v) is 2.82. The van der Waals surface area contributed by atoms with Crippen LogP contribution in [0.25, 0.3) is 0 Å². The molecule has 1 aliphatic carbocycles. The van der Waals surface area contributed by atoms with Crippen molar-refractivity contribution >= 4 is 0 Å². The van der Waals surface area contributed by atoms with E-state index >= 15 is 0 Å². The van der Waals surface area contributed by atoms with E-state index < -0.39 is 0 Å². The highest BCUT2D eigenvalue weighted by Gasteiger charge is 2.25. The number of aromatic nitrogens is 2. The van der Waals surface area contributed by atoms with Crippen molar-refractivity contribution < 1.29 is 0 Å². The third kappa shape index (κ3) is 2.46. The first-order valence-corrected chi connectivity index (χ1v) is 6.59. The Kier molecular flexibility index (Phi) is 3.99. The minimum absolute atomic E-state index is 0.727.